The van der Waals surface area contributed by atoms with E-state index in [2.05, 4.69) is 31.9 Å². The smallest absolute Gasteiger partial charge is 0.231 e. The summed E-state index contributed by atoms with van der Waals surface area (Å²) in [5.41, 5.74) is 13.7. The predicted octanol–water partition coefficient (Wildman–Crippen LogP) is 0.888. The van der Waals surface area contributed by atoms with Crippen molar-refractivity contribution in [3.8, 4) is 23.0 Å². The fourth-order valence-corrected chi connectivity index (χ4v) is 3.95. The summed E-state index contributed by atoms with van der Waals surface area (Å²) < 4.78 is 21.3. The number of hydrogen-bond acceptors (Lipinski definition) is 10. The first-order valence-corrected chi connectivity index (χ1v) is 11.9. The van der Waals surface area contributed by atoms with Gasteiger partial charge in [0.25, 0.3) is 0 Å². The number of piperazine rings is 1. The zero-order valence-corrected chi connectivity index (χ0v) is 20.7. The second-order valence-electron chi connectivity index (χ2n) is 7.82. The lowest BCUT2D eigenvalue weighted by molar-refractivity contribution is 0.0936. The van der Waals surface area contributed by atoms with Crippen LogP contribution >= 0.6 is 24.4 Å². The van der Waals surface area contributed by atoms with E-state index in [-0.39, 0.29) is 13.6 Å². The summed E-state index contributed by atoms with van der Waals surface area (Å²) in [6, 6.07) is 11.2. The van der Waals surface area contributed by atoms with Crippen molar-refractivity contribution in [1.29, 1.82) is 0 Å². The molecule has 0 radical (unpaired) electrons. The molecular weight excluding hydrogens is 504 g/mol. The van der Waals surface area contributed by atoms with Crippen molar-refractivity contribution < 1.29 is 18.9 Å². The van der Waals surface area contributed by atoms with Gasteiger partial charge in [0.2, 0.25) is 23.8 Å². The van der Waals surface area contributed by atoms with Gasteiger partial charge in [-0.15, -0.1) is 0 Å². The van der Waals surface area contributed by atoms with Gasteiger partial charge in [-0.2, -0.15) is 10.2 Å². The molecule has 3 heterocycles. The van der Waals surface area contributed by atoms with E-state index in [1.165, 1.54) is 0 Å². The highest BCUT2D eigenvalue weighted by atomic mass is 32.1. The molecular formula is C22H24N8O4S2. The fraction of sp³-hybridized carbons (Fsp3) is 0.273. The highest BCUT2D eigenvalue weighted by Crippen LogP contribution is 2.32. The van der Waals surface area contributed by atoms with Crippen molar-refractivity contribution in [3.05, 3.63) is 47.5 Å². The molecule has 188 valence electrons. The summed E-state index contributed by atoms with van der Waals surface area (Å²) in [5.74, 6) is 2.88. The quantitative estimate of drug-likeness (QED) is 0.242. The van der Waals surface area contributed by atoms with Crippen LogP contribution in [0.3, 0.4) is 0 Å². The molecule has 36 heavy (non-hydrogen) atoms. The zero-order chi connectivity index (χ0) is 24.7. The molecule has 0 bridgehead atoms. The summed E-state index contributed by atoms with van der Waals surface area (Å²) >= 11 is 10.7. The van der Waals surface area contributed by atoms with Gasteiger partial charge in [-0.3, -0.25) is 21.7 Å². The topological polar surface area (TPSA) is 116 Å². The third-order valence-corrected chi connectivity index (χ3v) is 5.72. The number of rotatable bonds is 6. The molecule has 0 saturated carbocycles. The number of hydrazone groups is 2. The maximum absolute atomic E-state index is 5.37. The molecule has 0 atom stereocenters. The summed E-state index contributed by atoms with van der Waals surface area (Å²) in [4.78, 5) is 0. The number of nitrogens with zero attached hydrogens (tertiary/aromatic N) is 4. The second-order valence-corrected chi connectivity index (χ2v) is 8.64. The Hall–Kier alpha value is -3.72. The lowest BCUT2D eigenvalue weighted by atomic mass is 10.2. The molecule has 0 aliphatic carbocycles. The molecule has 14 heteroatoms. The average Bonchev–Trinajstić information content (AvgIpc) is 3.54. The molecule has 5 rings (SSSR count). The van der Waals surface area contributed by atoms with Gasteiger partial charge in [-0.05, 0) is 72.0 Å². The predicted molar refractivity (Wildman–Crippen MR) is 141 cm³/mol. The van der Waals surface area contributed by atoms with Crippen LogP contribution in [0.5, 0.6) is 23.0 Å². The van der Waals surface area contributed by atoms with Crippen molar-refractivity contribution in [1.82, 2.24) is 31.7 Å². The first-order chi connectivity index (χ1) is 17.6. The SMILES string of the molecule is S=C(NN=Cc1ccc2c(c1)OCO2)NN1CCN(NC(=S)N/N=C\c2ccc3c(c2)OCO3)CC1. The summed E-state index contributed by atoms with van der Waals surface area (Å²) in [7, 11) is 0. The molecule has 3 aliphatic rings. The minimum atomic E-state index is 0.240. The lowest BCUT2D eigenvalue weighted by Crippen LogP contribution is -2.59. The van der Waals surface area contributed by atoms with Crippen molar-refractivity contribution in [3.63, 3.8) is 0 Å². The van der Waals surface area contributed by atoms with Gasteiger partial charge in [0.15, 0.2) is 23.0 Å². The fourth-order valence-electron chi connectivity index (χ4n) is 3.59. The van der Waals surface area contributed by atoms with Crippen LogP contribution in [0.4, 0.5) is 0 Å². The highest BCUT2D eigenvalue weighted by Gasteiger charge is 2.18. The Kier molecular flexibility index (Phi) is 7.56. The van der Waals surface area contributed by atoms with E-state index in [0.717, 1.165) is 48.8 Å². The van der Waals surface area contributed by atoms with E-state index < -0.39 is 0 Å². The van der Waals surface area contributed by atoms with Crippen LogP contribution in [0.25, 0.3) is 0 Å². The molecule has 0 aromatic heterocycles. The maximum atomic E-state index is 5.37. The van der Waals surface area contributed by atoms with Crippen molar-refractivity contribution in [2.75, 3.05) is 39.8 Å². The van der Waals surface area contributed by atoms with E-state index in [1.807, 2.05) is 46.4 Å². The minimum Gasteiger partial charge on any atom is -0.454 e. The van der Waals surface area contributed by atoms with E-state index in [0.29, 0.717) is 21.7 Å². The first kappa shape index (κ1) is 24.0. The maximum Gasteiger partial charge on any atom is 0.231 e. The number of nitrogens with one attached hydrogen (secondary N) is 4. The van der Waals surface area contributed by atoms with Crippen LogP contribution in [0, 0.1) is 0 Å². The van der Waals surface area contributed by atoms with Crippen LogP contribution in [0.1, 0.15) is 11.1 Å². The molecule has 12 nitrogen and oxygen atoms in total. The molecule has 2 aromatic carbocycles. The number of benzene rings is 2. The Morgan fingerprint density at radius 2 is 1.08 bits per heavy atom. The van der Waals surface area contributed by atoms with Crippen LogP contribution in [0.2, 0.25) is 0 Å². The van der Waals surface area contributed by atoms with Gasteiger partial charge in [0, 0.05) is 26.2 Å². The molecule has 3 aliphatic heterocycles. The number of hydrogen-bond donors (Lipinski definition) is 4. The standard InChI is InChI=1S/C22H24N8O4S2/c35-21(25-23-11-15-1-3-17-19(9-15)33-13-31-17)27-29-5-7-30(8-6-29)28-22(36)26-24-12-16-2-4-18-20(10-16)34-14-32-18/h1-4,9-12H,5-8,13-14H2,(H2,25,27,35)(H2,26,28,36)/b23-11-,24-12?. The third kappa shape index (κ3) is 6.28. The monoisotopic (exact) mass is 528 g/mol. The van der Waals surface area contributed by atoms with Gasteiger partial charge in [-0.1, -0.05) is 0 Å². The largest absolute Gasteiger partial charge is 0.454 e. The summed E-state index contributed by atoms with van der Waals surface area (Å²) in [6.45, 7) is 3.38. The van der Waals surface area contributed by atoms with E-state index >= 15 is 0 Å². The molecule has 2 aromatic rings. The van der Waals surface area contributed by atoms with E-state index in [4.69, 9.17) is 43.4 Å². The van der Waals surface area contributed by atoms with Crippen molar-refractivity contribution in [2.24, 2.45) is 10.2 Å². The van der Waals surface area contributed by atoms with Crippen LogP contribution in [0.15, 0.2) is 46.6 Å². The molecule has 1 fully saturated rings. The van der Waals surface area contributed by atoms with Crippen LogP contribution in [-0.2, 0) is 0 Å². The van der Waals surface area contributed by atoms with Gasteiger partial charge in [0.05, 0.1) is 12.4 Å². The number of fused-ring (bicyclic) bond motifs is 2. The molecule has 0 unspecified atom stereocenters. The summed E-state index contributed by atoms with van der Waals surface area (Å²) in [5, 5.41) is 13.2. The Labute approximate surface area is 218 Å². The van der Waals surface area contributed by atoms with Gasteiger partial charge >= 0.3 is 0 Å². The number of thiocarbonyl (C=S) groups is 2. The summed E-state index contributed by atoms with van der Waals surface area (Å²) in [6.07, 6.45) is 3.33. The van der Waals surface area contributed by atoms with E-state index in [1.54, 1.807) is 12.4 Å². The number of ether oxygens (including phenoxy) is 4. The van der Waals surface area contributed by atoms with Crippen molar-refractivity contribution >= 4 is 47.1 Å². The Balaban J connectivity index is 0.983. The minimum absolute atomic E-state index is 0.240. The molecule has 4 N–H and O–H groups in total. The Bertz CT molecular complexity index is 1100. The van der Waals surface area contributed by atoms with Crippen molar-refractivity contribution in [2.45, 2.75) is 0 Å². The third-order valence-electron chi connectivity index (χ3n) is 5.35. The van der Waals surface area contributed by atoms with Gasteiger partial charge in [-0.25, -0.2) is 10.0 Å². The van der Waals surface area contributed by atoms with Crippen LogP contribution in [-0.4, -0.2) is 72.4 Å². The Morgan fingerprint density at radius 1 is 0.667 bits per heavy atom. The molecule has 0 spiro atoms. The normalized spacial score (nSPS) is 16.9. The number of hydrazine groups is 2. The van der Waals surface area contributed by atoms with Gasteiger partial charge < -0.3 is 18.9 Å². The lowest BCUT2D eigenvalue weighted by Gasteiger charge is -2.35. The average molecular weight is 529 g/mol. The van der Waals surface area contributed by atoms with Crippen LogP contribution < -0.4 is 40.7 Å². The zero-order valence-electron chi connectivity index (χ0n) is 19.1. The molecule has 0 amide bonds. The first-order valence-electron chi connectivity index (χ1n) is 11.1. The highest BCUT2D eigenvalue weighted by molar-refractivity contribution is 7.80. The molecule has 1 saturated heterocycles. The second kappa shape index (κ2) is 11.3. The van der Waals surface area contributed by atoms with Gasteiger partial charge in [0.1, 0.15) is 0 Å². The van der Waals surface area contributed by atoms with E-state index in [9.17, 15) is 0 Å². The Morgan fingerprint density at radius 3 is 1.53 bits per heavy atom.